The van der Waals surface area contributed by atoms with Crippen LogP contribution in [0.5, 0.6) is 0 Å². The number of benzene rings is 2. The molecule has 31 heavy (non-hydrogen) atoms. The number of anilines is 1. The minimum Gasteiger partial charge on any atom is -0.371 e. The molecule has 0 spiro atoms. The zero-order chi connectivity index (χ0) is 20.9. The quantitative estimate of drug-likeness (QED) is 0.489. The van der Waals surface area contributed by atoms with Crippen molar-refractivity contribution in [3.05, 3.63) is 72.4 Å². The van der Waals surface area contributed by atoms with E-state index in [1.807, 2.05) is 16.8 Å². The Morgan fingerprint density at radius 2 is 1.94 bits per heavy atom. The smallest absolute Gasteiger partial charge is 0.179 e. The van der Waals surface area contributed by atoms with Gasteiger partial charge in [0.15, 0.2) is 5.82 Å². The highest BCUT2D eigenvalue weighted by atomic mass is 19.1. The van der Waals surface area contributed by atoms with Crippen LogP contribution in [0.4, 0.5) is 10.1 Å². The van der Waals surface area contributed by atoms with Gasteiger partial charge in [-0.3, -0.25) is 0 Å². The maximum absolute atomic E-state index is 13.4. The minimum absolute atomic E-state index is 0.232. The van der Waals surface area contributed by atoms with Crippen LogP contribution in [0.25, 0.3) is 28.3 Å². The average Bonchev–Trinajstić information content (AvgIpc) is 3.52. The SMILES string of the molecule is NC[C@H]1CCN(c2ccc3c(c2)Cn2cc(-c4ccc(F)cc4)cc2-c2ncnn2-3)C1. The van der Waals surface area contributed by atoms with Crippen LogP contribution in [0.1, 0.15) is 12.0 Å². The normalized spacial score (nSPS) is 17.2. The van der Waals surface area contributed by atoms with E-state index in [4.69, 9.17) is 5.73 Å². The highest BCUT2D eigenvalue weighted by Crippen LogP contribution is 2.35. The van der Waals surface area contributed by atoms with Gasteiger partial charge in [-0.05, 0) is 66.4 Å². The third kappa shape index (κ3) is 3.04. The Balaban J connectivity index is 1.43. The van der Waals surface area contributed by atoms with E-state index < -0.39 is 0 Å². The Morgan fingerprint density at radius 1 is 1.06 bits per heavy atom. The average molecular weight is 414 g/mol. The van der Waals surface area contributed by atoms with Crippen LogP contribution in [0.2, 0.25) is 0 Å². The summed E-state index contributed by atoms with van der Waals surface area (Å²) in [4.78, 5) is 6.97. The molecule has 0 aliphatic carbocycles. The second kappa shape index (κ2) is 7.06. The van der Waals surface area contributed by atoms with Crippen molar-refractivity contribution < 1.29 is 4.39 Å². The van der Waals surface area contributed by atoms with Crippen molar-refractivity contribution >= 4 is 5.69 Å². The van der Waals surface area contributed by atoms with Gasteiger partial charge in [0, 0.05) is 37.1 Å². The Labute approximate surface area is 179 Å². The second-order valence-electron chi connectivity index (χ2n) is 8.39. The first kappa shape index (κ1) is 18.3. The van der Waals surface area contributed by atoms with Crippen molar-refractivity contribution in [2.24, 2.45) is 11.7 Å². The lowest BCUT2D eigenvalue weighted by Gasteiger charge is -2.20. The monoisotopic (exact) mass is 414 g/mol. The number of halogens is 1. The van der Waals surface area contributed by atoms with Crippen molar-refractivity contribution in [3.8, 4) is 28.3 Å². The summed E-state index contributed by atoms with van der Waals surface area (Å²) >= 11 is 0. The molecule has 4 heterocycles. The summed E-state index contributed by atoms with van der Waals surface area (Å²) < 4.78 is 17.5. The van der Waals surface area contributed by atoms with E-state index in [9.17, 15) is 4.39 Å². The van der Waals surface area contributed by atoms with Gasteiger partial charge in [0.1, 0.15) is 12.1 Å². The predicted molar refractivity (Wildman–Crippen MR) is 119 cm³/mol. The van der Waals surface area contributed by atoms with Gasteiger partial charge in [-0.1, -0.05) is 12.1 Å². The summed E-state index contributed by atoms with van der Waals surface area (Å²) in [5.74, 6) is 1.14. The van der Waals surface area contributed by atoms with Crippen LogP contribution < -0.4 is 10.6 Å². The van der Waals surface area contributed by atoms with Gasteiger partial charge in [-0.2, -0.15) is 5.10 Å². The fourth-order valence-electron chi connectivity index (χ4n) is 4.77. The molecular weight excluding hydrogens is 391 g/mol. The first-order valence-electron chi connectivity index (χ1n) is 10.6. The fourth-order valence-corrected chi connectivity index (χ4v) is 4.77. The number of hydrogen-bond donors (Lipinski definition) is 1. The first-order valence-corrected chi connectivity index (χ1v) is 10.6. The molecule has 1 saturated heterocycles. The Morgan fingerprint density at radius 3 is 2.74 bits per heavy atom. The Kier molecular flexibility index (Phi) is 4.17. The Hall–Kier alpha value is -3.45. The summed E-state index contributed by atoms with van der Waals surface area (Å²) in [5, 5.41) is 4.52. The fraction of sp³-hybridized carbons (Fsp3) is 0.250. The molecule has 6 rings (SSSR count). The molecule has 0 unspecified atom stereocenters. The van der Waals surface area contributed by atoms with Gasteiger partial charge in [0.2, 0.25) is 0 Å². The van der Waals surface area contributed by atoms with Crippen molar-refractivity contribution in [2.75, 3.05) is 24.5 Å². The molecule has 2 aromatic heterocycles. The molecule has 1 fully saturated rings. The van der Waals surface area contributed by atoms with Crippen molar-refractivity contribution in [3.63, 3.8) is 0 Å². The lowest BCUT2D eigenvalue weighted by atomic mass is 10.1. The summed E-state index contributed by atoms with van der Waals surface area (Å²) in [7, 11) is 0. The van der Waals surface area contributed by atoms with Crippen LogP contribution in [0.3, 0.4) is 0 Å². The van der Waals surface area contributed by atoms with Gasteiger partial charge in [0.25, 0.3) is 0 Å². The van der Waals surface area contributed by atoms with Gasteiger partial charge in [-0.25, -0.2) is 14.1 Å². The maximum Gasteiger partial charge on any atom is 0.179 e. The number of aromatic nitrogens is 4. The molecule has 0 bridgehead atoms. The molecule has 7 heteroatoms. The lowest BCUT2D eigenvalue weighted by molar-refractivity contribution is 0.602. The third-order valence-electron chi connectivity index (χ3n) is 6.47. The number of fused-ring (bicyclic) bond motifs is 5. The van der Waals surface area contributed by atoms with Crippen LogP contribution >= 0.6 is 0 Å². The topological polar surface area (TPSA) is 64.9 Å². The van der Waals surface area contributed by atoms with E-state index in [0.717, 1.165) is 60.9 Å². The first-order chi connectivity index (χ1) is 15.2. The summed E-state index contributed by atoms with van der Waals surface area (Å²) in [6.45, 7) is 3.51. The molecule has 4 aromatic rings. The maximum atomic E-state index is 13.4. The molecule has 0 amide bonds. The molecule has 0 saturated carbocycles. The molecule has 2 aliphatic heterocycles. The predicted octanol–water partition coefficient (Wildman–Crippen LogP) is 3.69. The molecule has 0 radical (unpaired) electrons. The lowest BCUT2D eigenvalue weighted by Crippen LogP contribution is -2.22. The van der Waals surface area contributed by atoms with Crippen LogP contribution in [0, 0.1) is 11.7 Å². The zero-order valence-electron chi connectivity index (χ0n) is 17.1. The van der Waals surface area contributed by atoms with Gasteiger partial charge in [-0.15, -0.1) is 0 Å². The van der Waals surface area contributed by atoms with Crippen molar-refractivity contribution in [2.45, 2.75) is 13.0 Å². The Bertz CT molecular complexity index is 1260. The van der Waals surface area contributed by atoms with E-state index in [1.54, 1.807) is 6.33 Å². The number of hydrogen-bond acceptors (Lipinski definition) is 4. The standard InChI is InChI=1S/C24H23FN6/c25-20-3-1-17(2-4-20)18-10-23-24-27-15-28-31(24)22-6-5-21(9-19(22)14-30(23)13-18)29-8-7-16(11-26)12-29/h1-6,9-10,13,15-16H,7-8,11-12,14,26H2/t16-/m1/s1. The number of rotatable bonds is 3. The molecule has 2 aromatic carbocycles. The van der Waals surface area contributed by atoms with Crippen LogP contribution in [-0.4, -0.2) is 39.0 Å². The highest BCUT2D eigenvalue weighted by Gasteiger charge is 2.25. The number of nitrogens with two attached hydrogens (primary N) is 1. The van der Waals surface area contributed by atoms with E-state index in [-0.39, 0.29) is 5.82 Å². The largest absolute Gasteiger partial charge is 0.371 e. The van der Waals surface area contributed by atoms with Gasteiger partial charge in [0.05, 0.1) is 11.4 Å². The molecular formula is C24H23FN6. The molecule has 6 nitrogen and oxygen atoms in total. The van der Waals surface area contributed by atoms with Gasteiger partial charge < -0.3 is 15.2 Å². The van der Waals surface area contributed by atoms with E-state index in [1.165, 1.54) is 23.4 Å². The van der Waals surface area contributed by atoms with Gasteiger partial charge >= 0.3 is 0 Å². The molecule has 2 aliphatic rings. The van der Waals surface area contributed by atoms with E-state index in [2.05, 4.69) is 50.0 Å². The zero-order valence-corrected chi connectivity index (χ0v) is 17.1. The second-order valence-corrected chi connectivity index (χ2v) is 8.39. The molecule has 1 atom stereocenters. The van der Waals surface area contributed by atoms with Crippen LogP contribution in [0.15, 0.2) is 61.1 Å². The van der Waals surface area contributed by atoms with E-state index in [0.29, 0.717) is 5.92 Å². The summed E-state index contributed by atoms with van der Waals surface area (Å²) in [6, 6.07) is 15.3. The number of nitrogens with zero attached hydrogens (tertiary/aromatic N) is 5. The van der Waals surface area contributed by atoms with Crippen molar-refractivity contribution in [1.29, 1.82) is 0 Å². The third-order valence-corrected chi connectivity index (χ3v) is 6.47. The van der Waals surface area contributed by atoms with Crippen LogP contribution in [-0.2, 0) is 6.54 Å². The minimum atomic E-state index is -0.232. The molecule has 2 N–H and O–H groups in total. The molecule has 156 valence electrons. The summed E-state index contributed by atoms with van der Waals surface area (Å²) in [5.41, 5.74) is 12.4. The van der Waals surface area contributed by atoms with E-state index >= 15 is 0 Å². The summed E-state index contributed by atoms with van der Waals surface area (Å²) in [6.07, 6.45) is 4.85. The highest BCUT2D eigenvalue weighted by molar-refractivity contribution is 5.71. The van der Waals surface area contributed by atoms with Crippen molar-refractivity contribution in [1.82, 2.24) is 19.3 Å².